The van der Waals surface area contributed by atoms with Crippen molar-refractivity contribution in [3.8, 4) is 0 Å². The fraction of sp³-hybridized carbons (Fsp3) is 0.917. The molecule has 4 heteroatoms. The first kappa shape index (κ1) is 13.8. The van der Waals surface area contributed by atoms with E-state index >= 15 is 0 Å². The van der Waals surface area contributed by atoms with Crippen molar-refractivity contribution in [2.45, 2.75) is 45.0 Å². The molecule has 1 heterocycles. The molecule has 3 nitrogen and oxygen atoms in total. The fourth-order valence-electron chi connectivity index (χ4n) is 2.27. The molecule has 0 saturated carbocycles. The molecule has 16 heavy (non-hydrogen) atoms. The molecule has 1 saturated heterocycles. The van der Waals surface area contributed by atoms with Crippen LogP contribution >= 0.6 is 11.6 Å². The van der Waals surface area contributed by atoms with Gasteiger partial charge in [0.15, 0.2) is 0 Å². The second-order valence-corrected chi connectivity index (χ2v) is 5.77. The summed E-state index contributed by atoms with van der Waals surface area (Å²) >= 11 is 5.77. The Morgan fingerprint density at radius 3 is 2.75 bits per heavy atom. The Balaban J connectivity index is 2.49. The van der Waals surface area contributed by atoms with Crippen molar-refractivity contribution in [3.63, 3.8) is 0 Å². The van der Waals surface area contributed by atoms with E-state index in [4.69, 9.17) is 11.6 Å². The van der Waals surface area contributed by atoms with Gasteiger partial charge < -0.3 is 10.6 Å². The maximum atomic E-state index is 11.6. The lowest BCUT2D eigenvalue weighted by Crippen LogP contribution is -2.52. The smallest absolute Gasteiger partial charge is 0.238 e. The van der Waals surface area contributed by atoms with Gasteiger partial charge >= 0.3 is 0 Å². The summed E-state index contributed by atoms with van der Waals surface area (Å²) in [5, 5.41) is 5.92. The summed E-state index contributed by atoms with van der Waals surface area (Å²) in [6.07, 6.45) is 2.31. The summed E-state index contributed by atoms with van der Waals surface area (Å²) in [6, 6.07) is 0.241. The lowest BCUT2D eigenvalue weighted by molar-refractivity contribution is -0.121. The van der Waals surface area contributed by atoms with E-state index in [1.165, 1.54) is 6.42 Å². The van der Waals surface area contributed by atoms with Gasteiger partial charge in [-0.25, -0.2) is 0 Å². The van der Waals surface area contributed by atoms with Crippen molar-refractivity contribution in [3.05, 3.63) is 0 Å². The minimum Gasteiger partial charge on any atom is -0.351 e. The molecular formula is C12H23ClN2O. The summed E-state index contributed by atoms with van der Waals surface area (Å²) in [4.78, 5) is 11.6. The van der Waals surface area contributed by atoms with Gasteiger partial charge in [-0.05, 0) is 38.1 Å². The largest absolute Gasteiger partial charge is 0.351 e. The molecule has 1 aliphatic rings. The van der Waals surface area contributed by atoms with E-state index in [1.54, 1.807) is 6.92 Å². The molecule has 0 aromatic carbocycles. The minimum atomic E-state index is -0.443. The predicted octanol–water partition coefficient (Wildman–Crippen LogP) is 1.75. The number of amides is 1. The number of piperidine rings is 1. The number of alkyl halides is 1. The molecule has 0 aliphatic carbocycles. The molecule has 3 atom stereocenters. The maximum Gasteiger partial charge on any atom is 0.238 e. The van der Waals surface area contributed by atoms with Gasteiger partial charge in [-0.3, -0.25) is 4.79 Å². The Labute approximate surface area is 103 Å². The van der Waals surface area contributed by atoms with Gasteiger partial charge in [-0.1, -0.05) is 13.8 Å². The van der Waals surface area contributed by atoms with Crippen LogP contribution in [-0.2, 0) is 4.79 Å². The molecule has 3 unspecified atom stereocenters. The second kappa shape index (κ2) is 6.45. The predicted molar refractivity (Wildman–Crippen MR) is 67.7 cm³/mol. The zero-order valence-corrected chi connectivity index (χ0v) is 11.2. The van der Waals surface area contributed by atoms with E-state index in [2.05, 4.69) is 24.5 Å². The SMILES string of the molecule is CC(C)CC1CCNCC1NC(=O)C(C)Cl. The van der Waals surface area contributed by atoms with Crippen LogP contribution in [0.4, 0.5) is 0 Å². The van der Waals surface area contributed by atoms with Crippen molar-refractivity contribution >= 4 is 17.5 Å². The highest BCUT2D eigenvalue weighted by atomic mass is 35.5. The monoisotopic (exact) mass is 246 g/mol. The van der Waals surface area contributed by atoms with Crippen molar-refractivity contribution in [2.75, 3.05) is 13.1 Å². The van der Waals surface area contributed by atoms with Crippen LogP contribution in [0.5, 0.6) is 0 Å². The average molecular weight is 247 g/mol. The number of nitrogens with one attached hydrogen (secondary N) is 2. The molecule has 1 rings (SSSR count). The van der Waals surface area contributed by atoms with Crippen LogP contribution in [0.1, 0.15) is 33.6 Å². The van der Waals surface area contributed by atoms with Crippen LogP contribution < -0.4 is 10.6 Å². The van der Waals surface area contributed by atoms with Crippen molar-refractivity contribution < 1.29 is 4.79 Å². The Morgan fingerprint density at radius 1 is 1.50 bits per heavy atom. The molecule has 1 fully saturated rings. The van der Waals surface area contributed by atoms with Crippen LogP contribution in [0, 0.1) is 11.8 Å². The Hall–Kier alpha value is -0.280. The number of carbonyl (C=O) groups is 1. The van der Waals surface area contributed by atoms with Gasteiger partial charge in [-0.15, -0.1) is 11.6 Å². The topological polar surface area (TPSA) is 41.1 Å². The van der Waals surface area contributed by atoms with Gasteiger partial charge in [0.1, 0.15) is 5.38 Å². The average Bonchev–Trinajstić information content (AvgIpc) is 2.20. The third kappa shape index (κ3) is 4.30. The quantitative estimate of drug-likeness (QED) is 0.743. The third-order valence-electron chi connectivity index (χ3n) is 3.09. The Morgan fingerprint density at radius 2 is 2.19 bits per heavy atom. The minimum absolute atomic E-state index is 0.0517. The first-order valence-electron chi connectivity index (χ1n) is 6.16. The van der Waals surface area contributed by atoms with E-state index < -0.39 is 5.38 Å². The molecule has 94 valence electrons. The van der Waals surface area contributed by atoms with Crippen LogP contribution in [0.3, 0.4) is 0 Å². The first-order valence-corrected chi connectivity index (χ1v) is 6.59. The van der Waals surface area contributed by atoms with Crippen molar-refractivity contribution in [1.29, 1.82) is 0 Å². The van der Waals surface area contributed by atoms with Crippen molar-refractivity contribution in [2.24, 2.45) is 11.8 Å². The van der Waals surface area contributed by atoms with Gasteiger partial charge in [0.05, 0.1) is 0 Å². The number of carbonyl (C=O) groups excluding carboxylic acids is 1. The lowest BCUT2D eigenvalue weighted by Gasteiger charge is -2.34. The summed E-state index contributed by atoms with van der Waals surface area (Å²) in [5.41, 5.74) is 0. The Bertz CT molecular complexity index is 231. The van der Waals surface area contributed by atoms with E-state index in [1.807, 2.05) is 0 Å². The molecule has 0 aromatic heterocycles. The molecule has 1 amide bonds. The van der Waals surface area contributed by atoms with E-state index in [0.717, 1.165) is 19.5 Å². The third-order valence-corrected chi connectivity index (χ3v) is 3.29. The number of hydrogen-bond donors (Lipinski definition) is 2. The number of rotatable bonds is 4. The summed E-state index contributed by atoms with van der Waals surface area (Å²) in [5.74, 6) is 1.21. The molecule has 0 radical (unpaired) electrons. The van der Waals surface area contributed by atoms with E-state index in [0.29, 0.717) is 11.8 Å². The maximum absolute atomic E-state index is 11.6. The highest BCUT2D eigenvalue weighted by Gasteiger charge is 2.27. The van der Waals surface area contributed by atoms with Gasteiger partial charge in [-0.2, -0.15) is 0 Å². The second-order valence-electron chi connectivity index (χ2n) is 5.11. The van der Waals surface area contributed by atoms with E-state index in [9.17, 15) is 4.79 Å². The number of halogens is 1. The highest BCUT2D eigenvalue weighted by Crippen LogP contribution is 2.21. The van der Waals surface area contributed by atoms with Gasteiger partial charge in [0, 0.05) is 12.6 Å². The first-order chi connectivity index (χ1) is 7.50. The molecule has 0 aromatic rings. The fourth-order valence-corrected chi connectivity index (χ4v) is 2.33. The van der Waals surface area contributed by atoms with Crippen LogP contribution in [0.2, 0.25) is 0 Å². The summed E-state index contributed by atoms with van der Waals surface area (Å²) < 4.78 is 0. The van der Waals surface area contributed by atoms with Crippen molar-refractivity contribution in [1.82, 2.24) is 10.6 Å². The molecule has 2 N–H and O–H groups in total. The molecule has 1 aliphatic heterocycles. The zero-order valence-electron chi connectivity index (χ0n) is 10.4. The molecule has 0 spiro atoms. The van der Waals surface area contributed by atoms with Crippen LogP contribution in [0.25, 0.3) is 0 Å². The zero-order chi connectivity index (χ0) is 12.1. The normalized spacial score (nSPS) is 27.8. The van der Waals surface area contributed by atoms with Gasteiger partial charge in [0.2, 0.25) is 5.91 Å². The van der Waals surface area contributed by atoms with E-state index in [-0.39, 0.29) is 11.9 Å². The summed E-state index contributed by atoms with van der Waals surface area (Å²) in [7, 11) is 0. The molecular weight excluding hydrogens is 224 g/mol. The number of hydrogen-bond acceptors (Lipinski definition) is 2. The lowest BCUT2D eigenvalue weighted by atomic mass is 9.85. The Kier molecular flexibility index (Phi) is 5.56. The van der Waals surface area contributed by atoms with Crippen LogP contribution in [0.15, 0.2) is 0 Å². The standard InChI is InChI=1S/C12H23ClN2O/c1-8(2)6-10-4-5-14-7-11(10)15-12(16)9(3)13/h8-11,14H,4-7H2,1-3H3,(H,15,16). The molecule has 0 bridgehead atoms. The van der Waals surface area contributed by atoms with Crippen LogP contribution in [-0.4, -0.2) is 30.4 Å². The summed E-state index contributed by atoms with van der Waals surface area (Å²) in [6.45, 7) is 8.09. The highest BCUT2D eigenvalue weighted by molar-refractivity contribution is 6.30. The van der Waals surface area contributed by atoms with Gasteiger partial charge in [0.25, 0.3) is 0 Å².